The fourth-order valence-electron chi connectivity index (χ4n) is 2.46. The van der Waals surface area contributed by atoms with Gasteiger partial charge in [-0.25, -0.2) is 0 Å². The lowest BCUT2D eigenvalue weighted by Crippen LogP contribution is -2.31. The third-order valence-electron chi connectivity index (χ3n) is 4.01. The molecule has 0 atom stereocenters. The van der Waals surface area contributed by atoms with Gasteiger partial charge in [0.1, 0.15) is 5.75 Å². The summed E-state index contributed by atoms with van der Waals surface area (Å²) in [5.41, 5.74) is 1.63. The quantitative estimate of drug-likeness (QED) is 0.590. The molecular weight excluding hydrogens is 424 g/mol. The summed E-state index contributed by atoms with van der Waals surface area (Å²) in [4.78, 5) is 25.8. The van der Waals surface area contributed by atoms with Gasteiger partial charge in [0.2, 0.25) is 0 Å². The molecule has 28 heavy (non-hydrogen) atoms. The zero-order valence-corrected chi connectivity index (χ0v) is 16.8. The number of likely N-dealkylation sites (N-methyl/N-ethyl adjacent to an activating group) is 1. The largest absolute Gasteiger partial charge is 0.484 e. The van der Waals surface area contributed by atoms with Crippen molar-refractivity contribution in [3.63, 3.8) is 0 Å². The summed E-state index contributed by atoms with van der Waals surface area (Å²) < 4.78 is 11.6. The van der Waals surface area contributed by atoms with Gasteiger partial charge in [0, 0.05) is 23.8 Å². The highest BCUT2D eigenvalue weighted by Gasteiger charge is 2.12. The van der Waals surface area contributed by atoms with Gasteiger partial charge in [-0.3, -0.25) is 9.59 Å². The highest BCUT2D eigenvalue weighted by molar-refractivity contribution is 9.10. The third kappa shape index (κ3) is 5.23. The maximum atomic E-state index is 12.3. The fourth-order valence-corrected chi connectivity index (χ4v) is 2.87. The van der Waals surface area contributed by atoms with Crippen LogP contribution in [-0.4, -0.2) is 30.4 Å². The topological polar surface area (TPSA) is 71.8 Å². The Kier molecular flexibility index (Phi) is 6.49. The lowest BCUT2D eigenvalue weighted by Gasteiger charge is -2.18. The van der Waals surface area contributed by atoms with Gasteiger partial charge in [-0.2, -0.15) is 0 Å². The number of carbonyl (C=O) groups excluding carboxylic acids is 2. The third-order valence-corrected chi connectivity index (χ3v) is 4.78. The number of anilines is 1. The van der Waals surface area contributed by atoms with Gasteiger partial charge in [-0.05, 0) is 48.0 Å². The van der Waals surface area contributed by atoms with Crippen molar-refractivity contribution < 1.29 is 18.7 Å². The lowest BCUT2D eigenvalue weighted by atomic mass is 10.2. The second kappa shape index (κ2) is 9.23. The Morgan fingerprint density at radius 2 is 1.82 bits per heavy atom. The number of ether oxygens (including phenoxy) is 1. The Hall–Kier alpha value is -3.06. The zero-order valence-electron chi connectivity index (χ0n) is 15.2. The number of amides is 2. The van der Waals surface area contributed by atoms with E-state index in [2.05, 4.69) is 21.2 Å². The minimum atomic E-state index is -0.331. The first-order valence-electron chi connectivity index (χ1n) is 8.58. The van der Waals surface area contributed by atoms with Crippen LogP contribution in [0.5, 0.6) is 5.75 Å². The second-order valence-electron chi connectivity index (χ2n) is 6.09. The predicted molar refractivity (Wildman–Crippen MR) is 109 cm³/mol. The smallest absolute Gasteiger partial charge is 0.291 e. The van der Waals surface area contributed by atoms with E-state index >= 15 is 0 Å². The van der Waals surface area contributed by atoms with E-state index in [-0.39, 0.29) is 24.2 Å². The average molecular weight is 443 g/mol. The monoisotopic (exact) mass is 442 g/mol. The number of halogens is 1. The van der Waals surface area contributed by atoms with Gasteiger partial charge >= 0.3 is 0 Å². The number of hydrogen-bond acceptors (Lipinski definition) is 4. The van der Waals surface area contributed by atoms with Gasteiger partial charge in [0.05, 0.1) is 6.26 Å². The molecular formula is C21H19BrN2O4. The van der Waals surface area contributed by atoms with Crippen molar-refractivity contribution in [3.8, 4) is 5.75 Å². The molecule has 0 aliphatic rings. The maximum Gasteiger partial charge on any atom is 0.291 e. The molecule has 0 fully saturated rings. The molecule has 1 N–H and O–H groups in total. The first-order chi connectivity index (χ1) is 13.5. The van der Waals surface area contributed by atoms with Crippen LogP contribution in [0.15, 0.2) is 75.8 Å². The SMILES string of the molecule is CN(Cc1ccccc1Br)C(=O)COc1ccc(NC(=O)c2ccco2)cc1. The highest BCUT2D eigenvalue weighted by atomic mass is 79.9. The molecule has 2 amide bonds. The van der Waals surface area contributed by atoms with Crippen molar-refractivity contribution in [3.05, 3.63) is 82.7 Å². The standard InChI is InChI=1S/C21H19BrN2O4/c1-24(13-15-5-2-3-6-18(15)22)20(25)14-28-17-10-8-16(9-11-17)23-21(26)19-7-4-12-27-19/h2-12H,13-14H2,1H3,(H,23,26). The van der Waals surface area contributed by atoms with E-state index in [0.29, 0.717) is 18.0 Å². The van der Waals surface area contributed by atoms with Crippen molar-refractivity contribution >= 4 is 33.4 Å². The van der Waals surface area contributed by atoms with Crippen LogP contribution in [0.1, 0.15) is 16.1 Å². The predicted octanol–water partition coefficient (Wildman–Crippen LogP) is 4.33. The van der Waals surface area contributed by atoms with E-state index < -0.39 is 0 Å². The van der Waals surface area contributed by atoms with Crippen LogP contribution in [-0.2, 0) is 11.3 Å². The molecule has 0 saturated heterocycles. The maximum absolute atomic E-state index is 12.3. The Morgan fingerprint density at radius 1 is 1.07 bits per heavy atom. The van der Waals surface area contributed by atoms with Crippen molar-refractivity contribution in [2.75, 3.05) is 19.0 Å². The van der Waals surface area contributed by atoms with Crippen molar-refractivity contribution in [2.45, 2.75) is 6.54 Å². The van der Waals surface area contributed by atoms with Crippen LogP contribution < -0.4 is 10.1 Å². The molecule has 0 aliphatic heterocycles. The number of nitrogens with zero attached hydrogens (tertiary/aromatic N) is 1. The minimum absolute atomic E-state index is 0.0704. The summed E-state index contributed by atoms with van der Waals surface area (Å²) in [5.74, 6) is 0.311. The molecule has 1 aromatic heterocycles. The number of hydrogen-bond donors (Lipinski definition) is 1. The van der Waals surface area contributed by atoms with Gasteiger partial charge in [0.15, 0.2) is 12.4 Å². The Bertz CT molecular complexity index is 939. The van der Waals surface area contributed by atoms with Crippen LogP contribution in [0.2, 0.25) is 0 Å². The molecule has 7 heteroatoms. The first kappa shape index (κ1) is 19.7. The summed E-state index contributed by atoms with van der Waals surface area (Å²) in [5, 5.41) is 2.72. The van der Waals surface area contributed by atoms with Crippen molar-refractivity contribution in [1.82, 2.24) is 4.90 Å². The number of furan rings is 1. The van der Waals surface area contributed by atoms with Crippen LogP contribution in [0, 0.1) is 0 Å². The van der Waals surface area contributed by atoms with E-state index in [0.717, 1.165) is 10.0 Å². The van der Waals surface area contributed by atoms with Crippen LogP contribution in [0.25, 0.3) is 0 Å². The molecule has 0 spiro atoms. The molecule has 0 saturated carbocycles. The molecule has 0 bridgehead atoms. The minimum Gasteiger partial charge on any atom is -0.484 e. The molecule has 3 aromatic rings. The number of rotatable bonds is 7. The molecule has 6 nitrogen and oxygen atoms in total. The molecule has 1 heterocycles. The van der Waals surface area contributed by atoms with Crippen molar-refractivity contribution in [1.29, 1.82) is 0 Å². The highest BCUT2D eigenvalue weighted by Crippen LogP contribution is 2.19. The second-order valence-corrected chi connectivity index (χ2v) is 6.94. The summed E-state index contributed by atoms with van der Waals surface area (Å²) >= 11 is 3.48. The van der Waals surface area contributed by atoms with Gasteiger partial charge in [-0.15, -0.1) is 0 Å². The fraction of sp³-hybridized carbons (Fsp3) is 0.143. The summed E-state index contributed by atoms with van der Waals surface area (Å²) in [6.45, 7) is 0.417. The normalized spacial score (nSPS) is 10.4. The number of benzene rings is 2. The summed E-state index contributed by atoms with van der Waals surface area (Å²) in [6.07, 6.45) is 1.44. The Labute approximate surface area is 171 Å². The van der Waals surface area contributed by atoms with Gasteiger partial charge in [-0.1, -0.05) is 34.1 Å². The lowest BCUT2D eigenvalue weighted by molar-refractivity contribution is -0.132. The molecule has 0 unspecified atom stereocenters. The van der Waals surface area contributed by atoms with E-state index in [1.54, 1.807) is 48.3 Å². The molecule has 0 radical (unpaired) electrons. The van der Waals surface area contributed by atoms with Crippen molar-refractivity contribution in [2.24, 2.45) is 0 Å². The first-order valence-corrected chi connectivity index (χ1v) is 9.37. The van der Waals surface area contributed by atoms with Crippen LogP contribution in [0.4, 0.5) is 5.69 Å². The van der Waals surface area contributed by atoms with Crippen LogP contribution >= 0.6 is 15.9 Å². The molecule has 0 aliphatic carbocycles. The number of nitrogens with one attached hydrogen (secondary N) is 1. The van der Waals surface area contributed by atoms with E-state index in [1.807, 2.05) is 24.3 Å². The molecule has 2 aromatic carbocycles. The summed E-state index contributed by atoms with van der Waals surface area (Å²) in [6, 6.07) is 17.8. The molecule has 3 rings (SSSR count). The van der Waals surface area contributed by atoms with E-state index in [9.17, 15) is 9.59 Å². The van der Waals surface area contributed by atoms with Crippen LogP contribution in [0.3, 0.4) is 0 Å². The molecule has 144 valence electrons. The van der Waals surface area contributed by atoms with E-state index in [1.165, 1.54) is 6.26 Å². The average Bonchev–Trinajstić information content (AvgIpc) is 3.24. The Balaban J connectivity index is 1.49. The Morgan fingerprint density at radius 3 is 2.50 bits per heavy atom. The number of carbonyl (C=O) groups is 2. The van der Waals surface area contributed by atoms with Gasteiger partial charge < -0.3 is 19.4 Å². The summed E-state index contributed by atoms with van der Waals surface area (Å²) in [7, 11) is 1.73. The van der Waals surface area contributed by atoms with Gasteiger partial charge in [0.25, 0.3) is 11.8 Å². The van der Waals surface area contributed by atoms with E-state index in [4.69, 9.17) is 9.15 Å². The zero-order chi connectivity index (χ0) is 19.9.